The van der Waals surface area contributed by atoms with E-state index in [0.29, 0.717) is 19.0 Å². The molecule has 17 heavy (non-hydrogen) atoms. The molecule has 1 saturated heterocycles. The van der Waals surface area contributed by atoms with Crippen LogP contribution in [0.5, 0.6) is 0 Å². The molecule has 1 aliphatic rings. The Morgan fingerprint density at radius 2 is 2.24 bits per heavy atom. The first-order valence-electron chi connectivity index (χ1n) is 5.96. The van der Waals surface area contributed by atoms with Crippen LogP contribution in [0.1, 0.15) is 13.8 Å². The molecule has 1 fully saturated rings. The highest BCUT2D eigenvalue weighted by Gasteiger charge is 2.33. The van der Waals surface area contributed by atoms with Crippen LogP contribution in [-0.2, 0) is 20.3 Å². The fourth-order valence-corrected chi connectivity index (χ4v) is 2.81. The summed E-state index contributed by atoms with van der Waals surface area (Å²) in [6.07, 6.45) is 1.64. The molecule has 0 saturated carbocycles. The maximum atomic E-state index is 12.0. The van der Waals surface area contributed by atoms with E-state index >= 15 is 0 Å². The highest BCUT2D eigenvalue weighted by atomic mass is 32.2. The Balaban J connectivity index is 2.43. The van der Waals surface area contributed by atoms with Crippen LogP contribution >= 0.6 is 0 Å². The highest BCUT2D eigenvalue weighted by Crippen LogP contribution is 2.14. The number of ether oxygens (including phenoxy) is 1. The molecule has 4 unspecified atom stereocenters. The topological polar surface area (TPSA) is 67.4 Å². The first-order chi connectivity index (χ1) is 8.04. The molecule has 1 aliphatic heterocycles. The second-order valence-electron chi connectivity index (χ2n) is 4.46. The van der Waals surface area contributed by atoms with Gasteiger partial charge >= 0.3 is 0 Å². The lowest BCUT2D eigenvalue weighted by molar-refractivity contribution is -0.125. The summed E-state index contributed by atoms with van der Waals surface area (Å²) >= 11 is 0. The molecule has 6 heteroatoms. The monoisotopic (exact) mass is 262 g/mol. The SMILES string of the molecule is CCNC1COCC1C(=O)NC(C)CS(C)=O. The first-order valence-corrected chi connectivity index (χ1v) is 7.68. The summed E-state index contributed by atoms with van der Waals surface area (Å²) in [5.41, 5.74) is 0. The summed E-state index contributed by atoms with van der Waals surface area (Å²) in [5, 5.41) is 6.13. The van der Waals surface area contributed by atoms with E-state index in [2.05, 4.69) is 10.6 Å². The standard InChI is InChI=1S/C11H22N2O3S/c1-4-12-10-6-16-5-9(10)11(14)13-8(2)7-17(3)15/h8-10,12H,4-7H2,1-3H3,(H,13,14). The van der Waals surface area contributed by atoms with Crippen LogP contribution < -0.4 is 10.6 Å². The normalized spacial score (nSPS) is 27.7. The lowest BCUT2D eigenvalue weighted by atomic mass is 10.0. The number of hydrogen-bond acceptors (Lipinski definition) is 4. The van der Waals surface area contributed by atoms with E-state index in [1.807, 2.05) is 13.8 Å². The van der Waals surface area contributed by atoms with Crippen LogP contribution in [0.15, 0.2) is 0 Å². The molecule has 100 valence electrons. The number of likely N-dealkylation sites (N-methyl/N-ethyl adjacent to an activating group) is 1. The molecule has 1 amide bonds. The molecule has 1 heterocycles. The van der Waals surface area contributed by atoms with Crippen molar-refractivity contribution >= 4 is 16.7 Å². The third-order valence-corrected chi connectivity index (χ3v) is 3.73. The largest absolute Gasteiger partial charge is 0.379 e. The maximum Gasteiger partial charge on any atom is 0.227 e. The average Bonchev–Trinajstić information content (AvgIpc) is 2.64. The summed E-state index contributed by atoms with van der Waals surface area (Å²) in [6, 6.07) is 0.0375. The van der Waals surface area contributed by atoms with Gasteiger partial charge < -0.3 is 15.4 Å². The quantitative estimate of drug-likeness (QED) is 0.677. The van der Waals surface area contributed by atoms with Crippen molar-refractivity contribution < 1.29 is 13.7 Å². The van der Waals surface area contributed by atoms with Gasteiger partial charge in [0.05, 0.1) is 19.1 Å². The molecule has 0 aliphatic carbocycles. The van der Waals surface area contributed by atoms with Gasteiger partial charge in [0, 0.05) is 34.9 Å². The van der Waals surface area contributed by atoms with Gasteiger partial charge in [-0.3, -0.25) is 9.00 Å². The van der Waals surface area contributed by atoms with E-state index in [4.69, 9.17) is 4.74 Å². The third kappa shape index (κ3) is 4.73. The summed E-state index contributed by atoms with van der Waals surface area (Å²) < 4.78 is 16.4. The summed E-state index contributed by atoms with van der Waals surface area (Å²) in [6.45, 7) is 5.76. The van der Waals surface area contributed by atoms with Crippen molar-refractivity contribution in [2.45, 2.75) is 25.9 Å². The molecule has 0 radical (unpaired) electrons. The fourth-order valence-electron chi connectivity index (χ4n) is 2.02. The van der Waals surface area contributed by atoms with E-state index in [1.165, 1.54) is 0 Å². The van der Waals surface area contributed by atoms with Gasteiger partial charge in [0.1, 0.15) is 0 Å². The van der Waals surface area contributed by atoms with Crippen LogP contribution in [-0.4, -0.2) is 54.0 Å². The van der Waals surface area contributed by atoms with E-state index in [-0.39, 0.29) is 23.9 Å². The maximum absolute atomic E-state index is 12.0. The van der Waals surface area contributed by atoms with E-state index in [1.54, 1.807) is 6.26 Å². The second-order valence-corrected chi connectivity index (χ2v) is 5.94. The smallest absolute Gasteiger partial charge is 0.227 e. The predicted octanol–water partition coefficient (Wildman–Crippen LogP) is -0.506. The molecule has 5 nitrogen and oxygen atoms in total. The van der Waals surface area contributed by atoms with E-state index in [0.717, 1.165) is 6.54 Å². The third-order valence-electron chi connectivity index (χ3n) is 2.76. The van der Waals surface area contributed by atoms with E-state index < -0.39 is 10.8 Å². The van der Waals surface area contributed by atoms with Crippen molar-refractivity contribution in [3.63, 3.8) is 0 Å². The molecular formula is C11H22N2O3S. The Morgan fingerprint density at radius 3 is 2.82 bits per heavy atom. The number of carbonyl (C=O) groups is 1. The van der Waals surface area contributed by atoms with Gasteiger partial charge in [0.15, 0.2) is 0 Å². The summed E-state index contributed by atoms with van der Waals surface area (Å²) in [5.74, 6) is 0.347. The lowest BCUT2D eigenvalue weighted by Gasteiger charge is -2.20. The Kier molecular flexibility index (Phi) is 6.08. The Morgan fingerprint density at radius 1 is 1.53 bits per heavy atom. The second kappa shape index (κ2) is 7.08. The van der Waals surface area contributed by atoms with E-state index in [9.17, 15) is 9.00 Å². The van der Waals surface area contributed by atoms with Crippen molar-refractivity contribution in [2.75, 3.05) is 31.8 Å². The molecule has 0 aromatic heterocycles. The fraction of sp³-hybridized carbons (Fsp3) is 0.909. The minimum Gasteiger partial charge on any atom is -0.379 e. The van der Waals surface area contributed by atoms with Crippen LogP contribution in [0.2, 0.25) is 0 Å². The zero-order valence-corrected chi connectivity index (χ0v) is 11.5. The molecular weight excluding hydrogens is 240 g/mol. The molecule has 0 bridgehead atoms. The van der Waals surface area contributed by atoms with Gasteiger partial charge in [0.2, 0.25) is 5.91 Å². The molecule has 0 spiro atoms. The van der Waals surface area contributed by atoms with Crippen LogP contribution in [0.4, 0.5) is 0 Å². The lowest BCUT2D eigenvalue weighted by Crippen LogP contribution is -2.47. The Labute approximate surface area is 105 Å². The van der Waals surface area contributed by atoms with Gasteiger partial charge in [0.25, 0.3) is 0 Å². The van der Waals surface area contributed by atoms with Crippen molar-refractivity contribution in [2.24, 2.45) is 5.92 Å². The number of rotatable bonds is 6. The summed E-state index contributed by atoms with van der Waals surface area (Å²) in [4.78, 5) is 12.0. The average molecular weight is 262 g/mol. The Hall–Kier alpha value is -0.460. The minimum absolute atomic E-state index is 0.00796. The van der Waals surface area contributed by atoms with Crippen molar-refractivity contribution in [1.29, 1.82) is 0 Å². The van der Waals surface area contributed by atoms with Gasteiger partial charge in [-0.05, 0) is 13.5 Å². The number of amides is 1. The number of carbonyl (C=O) groups excluding carboxylic acids is 1. The minimum atomic E-state index is -0.887. The van der Waals surface area contributed by atoms with Gasteiger partial charge in [-0.1, -0.05) is 6.92 Å². The molecule has 2 N–H and O–H groups in total. The number of hydrogen-bond donors (Lipinski definition) is 2. The number of nitrogens with one attached hydrogen (secondary N) is 2. The Bertz CT molecular complexity index is 286. The van der Waals surface area contributed by atoms with Crippen molar-refractivity contribution in [1.82, 2.24) is 10.6 Å². The zero-order valence-electron chi connectivity index (χ0n) is 10.7. The van der Waals surface area contributed by atoms with Gasteiger partial charge in [-0.2, -0.15) is 0 Å². The molecule has 0 aromatic rings. The molecule has 1 rings (SSSR count). The van der Waals surface area contributed by atoms with Crippen LogP contribution in [0.25, 0.3) is 0 Å². The molecule has 4 atom stereocenters. The zero-order chi connectivity index (χ0) is 12.8. The van der Waals surface area contributed by atoms with Crippen LogP contribution in [0.3, 0.4) is 0 Å². The van der Waals surface area contributed by atoms with Crippen molar-refractivity contribution in [3.8, 4) is 0 Å². The van der Waals surface area contributed by atoms with Crippen molar-refractivity contribution in [3.05, 3.63) is 0 Å². The van der Waals surface area contributed by atoms with Crippen LogP contribution in [0, 0.1) is 5.92 Å². The first kappa shape index (κ1) is 14.6. The molecule has 0 aromatic carbocycles. The summed E-state index contributed by atoms with van der Waals surface area (Å²) in [7, 11) is -0.887. The van der Waals surface area contributed by atoms with Gasteiger partial charge in [-0.25, -0.2) is 0 Å². The van der Waals surface area contributed by atoms with Gasteiger partial charge in [-0.15, -0.1) is 0 Å². The predicted molar refractivity (Wildman–Crippen MR) is 68.3 cm³/mol. The highest BCUT2D eigenvalue weighted by molar-refractivity contribution is 7.84.